The van der Waals surface area contributed by atoms with Crippen molar-refractivity contribution in [1.29, 1.82) is 0 Å². The van der Waals surface area contributed by atoms with Gasteiger partial charge in [-0.3, -0.25) is 4.79 Å². The van der Waals surface area contributed by atoms with Crippen molar-refractivity contribution in [3.8, 4) is 0 Å². The Labute approximate surface area is 140 Å². The first-order chi connectivity index (χ1) is 10.7. The van der Waals surface area contributed by atoms with Crippen LogP contribution in [0.4, 0.5) is 0 Å². The molecule has 0 aliphatic rings. The summed E-state index contributed by atoms with van der Waals surface area (Å²) in [7, 11) is 0. The third kappa shape index (κ3) is 3.88. The highest BCUT2D eigenvalue weighted by molar-refractivity contribution is 7.98. The number of thioether (sulfide) groups is 1. The van der Waals surface area contributed by atoms with Crippen molar-refractivity contribution in [2.75, 3.05) is 6.26 Å². The molecular formula is C17H22N4OS. The molecule has 0 amide bonds. The Balaban J connectivity index is 2.54. The SMILES string of the molecule is CSc1nnc(C(C)(C)C)c(=O)n1N=Cc1ccc(C)cc1C. The Kier molecular flexibility index (Phi) is 5.04. The number of hydrogen-bond donors (Lipinski definition) is 0. The van der Waals surface area contributed by atoms with Crippen molar-refractivity contribution < 1.29 is 0 Å². The molecule has 6 heteroatoms. The van der Waals surface area contributed by atoms with Gasteiger partial charge in [-0.25, -0.2) is 0 Å². The average Bonchev–Trinajstić information content (AvgIpc) is 2.45. The highest BCUT2D eigenvalue weighted by Gasteiger charge is 2.23. The van der Waals surface area contributed by atoms with E-state index in [0.717, 1.165) is 11.1 Å². The zero-order valence-corrected chi connectivity index (χ0v) is 15.2. The lowest BCUT2D eigenvalue weighted by Crippen LogP contribution is -2.32. The van der Waals surface area contributed by atoms with Crippen LogP contribution in [0.3, 0.4) is 0 Å². The van der Waals surface area contributed by atoms with Gasteiger partial charge in [0.15, 0.2) is 0 Å². The fraction of sp³-hybridized carbons (Fsp3) is 0.412. The van der Waals surface area contributed by atoms with Gasteiger partial charge >= 0.3 is 0 Å². The minimum atomic E-state index is -0.377. The molecule has 5 nitrogen and oxygen atoms in total. The molecule has 0 fully saturated rings. The molecule has 1 heterocycles. The molecule has 1 aromatic heterocycles. The molecule has 0 N–H and O–H groups in total. The van der Waals surface area contributed by atoms with E-state index in [1.54, 1.807) is 6.21 Å². The van der Waals surface area contributed by atoms with Gasteiger partial charge in [-0.05, 0) is 31.2 Å². The third-order valence-electron chi connectivity index (χ3n) is 3.44. The maximum Gasteiger partial charge on any atom is 0.297 e. The second-order valence-corrected chi connectivity index (χ2v) is 7.28. The largest absolute Gasteiger partial charge is 0.297 e. The van der Waals surface area contributed by atoms with Gasteiger partial charge in [0.25, 0.3) is 5.56 Å². The highest BCUT2D eigenvalue weighted by atomic mass is 32.2. The van der Waals surface area contributed by atoms with Crippen LogP contribution in [0.2, 0.25) is 0 Å². The van der Waals surface area contributed by atoms with Gasteiger partial charge in [-0.15, -0.1) is 10.2 Å². The lowest BCUT2D eigenvalue weighted by molar-refractivity contribution is 0.510. The first kappa shape index (κ1) is 17.4. The van der Waals surface area contributed by atoms with Crippen LogP contribution in [0, 0.1) is 13.8 Å². The van der Waals surface area contributed by atoms with Crippen molar-refractivity contribution in [2.45, 2.75) is 45.2 Å². The third-order valence-corrected chi connectivity index (χ3v) is 4.06. The van der Waals surface area contributed by atoms with Gasteiger partial charge in [0.05, 0.1) is 6.21 Å². The summed E-state index contributed by atoms with van der Waals surface area (Å²) in [5, 5.41) is 13.1. The highest BCUT2D eigenvalue weighted by Crippen LogP contribution is 2.17. The second-order valence-electron chi connectivity index (χ2n) is 6.51. The standard InChI is InChI=1S/C17H22N4OS/c1-11-7-8-13(12(2)9-11)10-18-21-15(22)14(17(3,4)5)19-20-16(21)23-6/h7-10H,1-6H3. The van der Waals surface area contributed by atoms with Gasteiger partial charge in [0, 0.05) is 5.41 Å². The molecule has 1 aromatic carbocycles. The first-order valence-electron chi connectivity index (χ1n) is 7.40. The Morgan fingerprint density at radius 3 is 2.48 bits per heavy atom. The van der Waals surface area contributed by atoms with Crippen LogP contribution in [0.25, 0.3) is 0 Å². The molecule has 0 bridgehead atoms. The summed E-state index contributed by atoms with van der Waals surface area (Å²) < 4.78 is 1.33. The first-order valence-corrected chi connectivity index (χ1v) is 8.62. The van der Waals surface area contributed by atoms with E-state index in [4.69, 9.17) is 0 Å². The predicted molar refractivity (Wildman–Crippen MR) is 95.7 cm³/mol. The molecule has 0 atom stereocenters. The normalized spacial score (nSPS) is 12.1. The molecule has 122 valence electrons. The number of benzene rings is 1. The molecule has 0 aliphatic carbocycles. The van der Waals surface area contributed by atoms with E-state index in [1.807, 2.05) is 53.0 Å². The Morgan fingerprint density at radius 2 is 1.91 bits per heavy atom. The lowest BCUT2D eigenvalue weighted by atomic mass is 9.93. The summed E-state index contributed by atoms with van der Waals surface area (Å²) >= 11 is 1.35. The maximum atomic E-state index is 12.7. The average molecular weight is 330 g/mol. The lowest BCUT2D eigenvalue weighted by Gasteiger charge is -2.16. The Morgan fingerprint density at radius 1 is 1.22 bits per heavy atom. The summed E-state index contributed by atoms with van der Waals surface area (Å²) in [6, 6.07) is 6.11. The maximum absolute atomic E-state index is 12.7. The monoisotopic (exact) mass is 330 g/mol. The molecule has 0 radical (unpaired) electrons. The van der Waals surface area contributed by atoms with Crippen LogP contribution >= 0.6 is 11.8 Å². The summed E-state index contributed by atoms with van der Waals surface area (Å²) in [4.78, 5) is 12.7. The van der Waals surface area contributed by atoms with Crippen molar-refractivity contribution in [1.82, 2.24) is 14.9 Å². The van der Waals surface area contributed by atoms with E-state index in [0.29, 0.717) is 10.9 Å². The quantitative estimate of drug-likeness (QED) is 0.641. The zero-order chi connectivity index (χ0) is 17.2. The molecule has 0 saturated carbocycles. The predicted octanol–water partition coefficient (Wildman–Crippen LogP) is 3.16. The van der Waals surface area contributed by atoms with Gasteiger partial charge in [-0.2, -0.15) is 9.78 Å². The molecule has 0 saturated heterocycles. The van der Waals surface area contributed by atoms with Crippen LogP contribution in [0.5, 0.6) is 0 Å². The van der Waals surface area contributed by atoms with Crippen molar-refractivity contribution >= 4 is 18.0 Å². The van der Waals surface area contributed by atoms with E-state index in [1.165, 1.54) is 22.0 Å². The molecule has 0 unspecified atom stereocenters. The minimum Gasteiger partial charge on any atom is -0.265 e. The van der Waals surface area contributed by atoms with Gasteiger partial charge in [0.2, 0.25) is 5.16 Å². The number of hydrogen-bond acceptors (Lipinski definition) is 5. The van der Waals surface area contributed by atoms with Crippen molar-refractivity contribution in [2.24, 2.45) is 5.10 Å². The van der Waals surface area contributed by atoms with Crippen LogP contribution in [-0.4, -0.2) is 27.3 Å². The Hall–Kier alpha value is -1.95. The molecule has 0 spiro atoms. The number of rotatable bonds is 3. The number of nitrogens with zero attached hydrogens (tertiary/aromatic N) is 4. The van der Waals surface area contributed by atoms with Crippen LogP contribution in [0.1, 0.15) is 43.2 Å². The van der Waals surface area contributed by atoms with E-state index < -0.39 is 0 Å². The van der Waals surface area contributed by atoms with E-state index in [9.17, 15) is 4.79 Å². The fourth-order valence-corrected chi connectivity index (χ4v) is 2.58. The summed E-state index contributed by atoms with van der Waals surface area (Å²) in [6.07, 6.45) is 3.55. The Bertz CT molecular complexity index is 803. The molecule has 2 aromatic rings. The van der Waals surface area contributed by atoms with Crippen molar-refractivity contribution in [3.05, 3.63) is 50.9 Å². The van der Waals surface area contributed by atoms with Gasteiger partial charge < -0.3 is 0 Å². The summed E-state index contributed by atoms with van der Waals surface area (Å²) in [6.45, 7) is 9.89. The number of aryl methyl sites for hydroxylation is 2. The molecule has 23 heavy (non-hydrogen) atoms. The van der Waals surface area contributed by atoms with Gasteiger partial charge in [-0.1, -0.05) is 56.3 Å². The van der Waals surface area contributed by atoms with Crippen LogP contribution in [-0.2, 0) is 5.41 Å². The van der Waals surface area contributed by atoms with Crippen LogP contribution < -0.4 is 5.56 Å². The van der Waals surface area contributed by atoms with E-state index in [2.05, 4.69) is 21.4 Å². The van der Waals surface area contributed by atoms with E-state index in [-0.39, 0.29) is 11.0 Å². The van der Waals surface area contributed by atoms with Gasteiger partial charge in [0.1, 0.15) is 5.69 Å². The summed E-state index contributed by atoms with van der Waals surface area (Å²) in [5.74, 6) is 0. The minimum absolute atomic E-state index is 0.224. The smallest absolute Gasteiger partial charge is 0.265 e. The number of aromatic nitrogens is 3. The van der Waals surface area contributed by atoms with Crippen LogP contribution in [0.15, 0.2) is 33.3 Å². The summed E-state index contributed by atoms with van der Waals surface area (Å²) in [5.41, 5.74) is 3.10. The van der Waals surface area contributed by atoms with Crippen molar-refractivity contribution in [3.63, 3.8) is 0 Å². The topological polar surface area (TPSA) is 60.1 Å². The van der Waals surface area contributed by atoms with E-state index >= 15 is 0 Å². The zero-order valence-electron chi connectivity index (χ0n) is 14.4. The molecule has 0 aliphatic heterocycles. The fourth-order valence-electron chi connectivity index (χ4n) is 2.16. The molecule has 2 rings (SSSR count). The molecular weight excluding hydrogens is 308 g/mol. The second kappa shape index (κ2) is 6.66.